The maximum absolute atomic E-state index is 13.0. The maximum atomic E-state index is 13.0. The van der Waals surface area contributed by atoms with Crippen molar-refractivity contribution in [2.75, 3.05) is 5.73 Å². The predicted octanol–water partition coefficient (Wildman–Crippen LogP) is 1.72. The molecule has 0 aliphatic carbocycles. The average molecular weight is 235 g/mol. The molecule has 0 aliphatic rings. The van der Waals surface area contributed by atoms with Gasteiger partial charge in [-0.2, -0.15) is 0 Å². The summed E-state index contributed by atoms with van der Waals surface area (Å²) in [6.07, 6.45) is 0. The summed E-state index contributed by atoms with van der Waals surface area (Å²) in [5.74, 6) is 0.615. The highest BCUT2D eigenvalue weighted by Gasteiger charge is 2.13. The second kappa shape index (κ2) is 4.48. The first-order valence-corrected chi connectivity index (χ1v) is 5.39. The molecule has 1 aromatic carbocycles. The number of aromatic nitrogens is 4. The van der Waals surface area contributed by atoms with E-state index in [1.165, 1.54) is 12.1 Å². The van der Waals surface area contributed by atoms with Crippen molar-refractivity contribution in [1.29, 1.82) is 0 Å². The van der Waals surface area contributed by atoms with Gasteiger partial charge in [-0.1, -0.05) is 13.8 Å². The lowest BCUT2D eigenvalue weighted by atomic mass is 10.1. The van der Waals surface area contributed by atoms with Gasteiger partial charge in [0.25, 0.3) is 0 Å². The molecule has 0 atom stereocenters. The summed E-state index contributed by atoms with van der Waals surface area (Å²) < 4.78 is 14.6. The highest BCUT2D eigenvalue weighted by Crippen LogP contribution is 2.24. The molecule has 0 unspecified atom stereocenters. The van der Waals surface area contributed by atoms with E-state index in [0.717, 1.165) is 0 Å². The lowest BCUT2D eigenvalue weighted by Gasteiger charge is -2.08. The Hall–Kier alpha value is -1.98. The van der Waals surface area contributed by atoms with Crippen LogP contribution in [-0.4, -0.2) is 20.2 Å². The zero-order valence-corrected chi connectivity index (χ0v) is 9.76. The van der Waals surface area contributed by atoms with Crippen LogP contribution in [0.5, 0.6) is 0 Å². The monoisotopic (exact) mass is 235 g/mol. The van der Waals surface area contributed by atoms with Crippen LogP contribution in [0.4, 0.5) is 10.1 Å². The van der Waals surface area contributed by atoms with Crippen LogP contribution in [0.15, 0.2) is 18.2 Å². The Morgan fingerprint density at radius 3 is 2.82 bits per heavy atom. The van der Waals surface area contributed by atoms with Gasteiger partial charge in [0.15, 0.2) is 5.82 Å². The lowest BCUT2D eigenvalue weighted by molar-refractivity contribution is 0.475. The van der Waals surface area contributed by atoms with Gasteiger partial charge in [-0.05, 0) is 34.5 Å². The number of hydrogen-bond acceptors (Lipinski definition) is 4. The summed E-state index contributed by atoms with van der Waals surface area (Å²) in [6.45, 7) is 4.83. The predicted molar refractivity (Wildman–Crippen MR) is 62.5 cm³/mol. The fraction of sp³-hybridized carbons (Fsp3) is 0.364. The number of rotatable bonds is 3. The molecule has 0 fully saturated rings. The van der Waals surface area contributed by atoms with E-state index in [9.17, 15) is 4.39 Å². The summed E-state index contributed by atoms with van der Waals surface area (Å²) in [6, 6.07) is 4.21. The van der Waals surface area contributed by atoms with Gasteiger partial charge in [0.05, 0.1) is 0 Å². The topological polar surface area (TPSA) is 69.6 Å². The standard InChI is InChI=1S/C11H14FN5/c1-7(2)6-17-11(14-15-16-17)9-4-3-8(12)5-10(9)13/h3-5,7H,6,13H2,1-2H3. The molecular formula is C11H14FN5. The van der Waals surface area contributed by atoms with Crippen LogP contribution in [-0.2, 0) is 6.54 Å². The summed E-state index contributed by atoms with van der Waals surface area (Å²) in [5.41, 5.74) is 6.75. The fourth-order valence-electron chi connectivity index (χ4n) is 1.60. The number of halogens is 1. The van der Waals surface area contributed by atoms with Crippen LogP contribution in [0.25, 0.3) is 11.4 Å². The number of nitrogens with zero attached hydrogens (tertiary/aromatic N) is 4. The van der Waals surface area contributed by atoms with Crippen LogP contribution in [0, 0.1) is 11.7 Å². The van der Waals surface area contributed by atoms with Crippen molar-refractivity contribution in [2.24, 2.45) is 5.92 Å². The van der Waals surface area contributed by atoms with E-state index in [1.54, 1.807) is 10.7 Å². The number of nitrogens with two attached hydrogens (primary N) is 1. The largest absolute Gasteiger partial charge is 0.398 e. The van der Waals surface area contributed by atoms with Crippen molar-refractivity contribution in [3.63, 3.8) is 0 Å². The number of nitrogen functional groups attached to an aromatic ring is 1. The molecule has 5 nitrogen and oxygen atoms in total. The summed E-state index contributed by atoms with van der Waals surface area (Å²) >= 11 is 0. The molecule has 90 valence electrons. The quantitative estimate of drug-likeness (QED) is 0.822. The zero-order valence-electron chi connectivity index (χ0n) is 9.76. The molecule has 0 radical (unpaired) electrons. The van der Waals surface area contributed by atoms with Gasteiger partial charge in [0.1, 0.15) is 5.82 Å². The normalized spacial score (nSPS) is 11.1. The van der Waals surface area contributed by atoms with Gasteiger partial charge in [-0.3, -0.25) is 0 Å². The third-order valence-corrected chi connectivity index (χ3v) is 2.32. The SMILES string of the molecule is CC(C)Cn1nnnc1-c1ccc(F)cc1N. The smallest absolute Gasteiger partial charge is 0.184 e. The third kappa shape index (κ3) is 2.41. The number of benzene rings is 1. The summed E-state index contributed by atoms with van der Waals surface area (Å²) in [7, 11) is 0. The Morgan fingerprint density at radius 2 is 2.18 bits per heavy atom. The molecule has 0 saturated carbocycles. The van der Waals surface area contributed by atoms with Crippen molar-refractivity contribution < 1.29 is 4.39 Å². The Labute approximate surface area is 98.4 Å². The number of tetrazole rings is 1. The minimum Gasteiger partial charge on any atom is -0.398 e. The Kier molecular flexibility index (Phi) is 3.03. The zero-order chi connectivity index (χ0) is 12.4. The van der Waals surface area contributed by atoms with E-state index < -0.39 is 0 Å². The second-order valence-corrected chi connectivity index (χ2v) is 4.31. The van der Waals surface area contributed by atoms with Crippen molar-refractivity contribution in [3.8, 4) is 11.4 Å². The van der Waals surface area contributed by atoms with Gasteiger partial charge < -0.3 is 5.73 Å². The molecule has 6 heteroatoms. The number of hydrogen-bond donors (Lipinski definition) is 1. The van der Waals surface area contributed by atoms with E-state index in [0.29, 0.717) is 29.5 Å². The molecular weight excluding hydrogens is 221 g/mol. The first-order chi connectivity index (χ1) is 8.08. The van der Waals surface area contributed by atoms with Gasteiger partial charge in [-0.25, -0.2) is 9.07 Å². The highest BCUT2D eigenvalue weighted by atomic mass is 19.1. The van der Waals surface area contributed by atoms with Gasteiger partial charge >= 0.3 is 0 Å². The van der Waals surface area contributed by atoms with Gasteiger partial charge in [0, 0.05) is 17.8 Å². The lowest BCUT2D eigenvalue weighted by Crippen LogP contribution is -2.08. The van der Waals surface area contributed by atoms with Crippen LogP contribution in [0.1, 0.15) is 13.8 Å². The van der Waals surface area contributed by atoms with E-state index in [1.807, 2.05) is 0 Å². The molecule has 1 aromatic heterocycles. The van der Waals surface area contributed by atoms with Gasteiger partial charge in [-0.15, -0.1) is 5.10 Å². The van der Waals surface area contributed by atoms with E-state index in [4.69, 9.17) is 5.73 Å². The Morgan fingerprint density at radius 1 is 1.41 bits per heavy atom. The Balaban J connectivity index is 2.42. The molecule has 2 N–H and O–H groups in total. The van der Waals surface area contributed by atoms with Crippen molar-refractivity contribution in [1.82, 2.24) is 20.2 Å². The van der Waals surface area contributed by atoms with Crippen LogP contribution in [0.3, 0.4) is 0 Å². The average Bonchev–Trinajstić information content (AvgIpc) is 2.65. The highest BCUT2D eigenvalue weighted by molar-refractivity contribution is 5.71. The Bertz CT molecular complexity index is 520. The number of anilines is 1. The molecule has 2 aromatic rings. The van der Waals surface area contributed by atoms with Crippen LogP contribution in [0.2, 0.25) is 0 Å². The first-order valence-electron chi connectivity index (χ1n) is 5.39. The molecule has 17 heavy (non-hydrogen) atoms. The van der Waals surface area contributed by atoms with Crippen LogP contribution < -0.4 is 5.73 Å². The van der Waals surface area contributed by atoms with Crippen molar-refractivity contribution >= 4 is 5.69 Å². The van der Waals surface area contributed by atoms with Gasteiger partial charge in [0.2, 0.25) is 0 Å². The fourth-order valence-corrected chi connectivity index (χ4v) is 1.60. The molecule has 2 rings (SSSR count). The molecule has 0 aliphatic heterocycles. The molecule has 0 saturated heterocycles. The second-order valence-electron chi connectivity index (χ2n) is 4.31. The summed E-state index contributed by atoms with van der Waals surface area (Å²) in [4.78, 5) is 0. The van der Waals surface area contributed by atoms with Crippen LogP contribution >= 0.6 is 0 Å². The van der Waals surface area contributed by atoms with Crippen molar-refractivity contribution in [2.45, 2.75) is 20.4 Å². The van der Waals surface area contributed by atoms with E-state index in [2.05, 4.69) is 29.4 Å². The molecule has 0 amide bonds. The van der Waals surface area contributed by atoms with E-state index in [-0.39, 0.29) is 5.82 Å². The minimum atomic E-state index is -0.367. The maximum Gasteiger partial charge on any atom is 0.184 e. The van der Waals surface area contributed by atoms with E-state index >= 15 is 0 Å². The molecule has 1 heterocycles. The van der Waals surface area contributed by atoms with Crippen molar-refractivity contribution in [3.05, 3.63) is 24.0 Å². The first kappa shape index (κ1) is 11.5. The minimum absolute atomic E-state index is 0.338. The molecule has 0 spiro atoms. The third-order valence-electron chi connectivity index (χ3n) is 2.32. The molecule has 0 bridgehead atoms. The summed E-state index contributed by atoms with van der Waals surface area (Å²) in [5, 5.41) is 11.5.